The van der Waals surface area contributed by atoms with Gasteiger partial charge in [-0.3, -0.25) is 14.9 Å². The number of carbonyl (C=O) groups is 1. The Bertz CT molecular complexity index is 1090. The molecule has 0 aliphatic rings. The van der Waals surface area contributed by atoms with E-state index in [1.807, 2.05) is 54.8 Å². The molecule has 0 aliphatic carbocycles. The fraction of sp³-hybridized carbons (Fsp3) is 0.217. The predicted octanol–water partition coefficient (Wildman–Crippen LogP) is 3.97. The quantitative estimate of drug-likeness (QED) is 0.326. The summed E-state index contributed by atoms with van der Waals surface area (Å²) in [6.07, 6.45) is 1.32. The van der Waals surface area contributed by atoms with Crippen LogP contribution in [0.25, 0.3) is 5.69 Å². The molecule has 2 N–H and O–H groups in total. The third kappa shape index (κ3) is 5.43. The monoisotopic (exact) mass is 420 g/mol. The van der Waals surface area contributed by atoms with Crippen LogP contribution in [-0.2, 0) is 4.79 Å². The van der Waals surface area contributed by atoms with Gasteiger partial charge in [-0.25, -0.2) is 5.43 Å². The lowest BCUT2D eigenvalue weighted by molar-refractivity contribution is -0.384. The minimum Gasteiger partial charge on any atom is -0.388 e. The van der Waals surface area contributed by atoms with Gasteiger partial charge in [0.15, 0.2) is 0 Å². The Kier molecular flexibility index (Phi) is 6.94. The van der Waals surface area contributed by atoms with Crippen molar-refractivity contribution >= 4 is 17.8 Å². The highest BCUT2D eigenvalue weighted by molar-refractivity contribution is 5.84. The standard InChI is InChI=1S/C23H24N4O4/c1-16-14-19(17(2)26(16)20-8-10-21(11-9-20)27(30)31)15-24-25-23(29)13-12-22(28)18-6-4-3-5-7-18/h3-11,14-15,22,28H,12-13H2,1-2H3,(H,25,29)/b24-15-/t22-/m1/s1. The molecule has 0 bridgehead atoms. The second kappa shape index (κ2) is 9.82. The Morgan fingerprint density at radius 3 is 2.52 bits per heavy atom. The second-order valence-electron chi connectivity index (χ2n) is 7.19. The Morgan fingerprint density at radius 2 is 1.87 bits per heavy atom. The van der Waals surface area contributed by atoms with Crippen LogP contribution < -0.4 is 5.43 Å². The summed E-state index contributed by atoms with van der Waals surface area (Å²) in [7, 11) is 0. The molecule has 8 heteroatoms. The van der Waals surface area contributed by atoms with E-state index in [4.69, 9.17) is 0 Å². The van der Waals surface area contributed by atoms with Crippen molar-refractivity contribution in [3.05, 3.63) is 93.3 Å². The molecule has 2 aromatic carbocycles. The van der Waals surface area contributed by atoms with Crippen molar-refractivity contribution in [1.82, 2.24) is 9.99 Å². The fourth-order valence-corrected chi connectivity index (χ4v) is 3.38. The lowest BCUT2D eigenvalue weighted by Gasteiger charge is -2.10. The molecule has 160 valence electrons. The molecule has 8 nitrogen and oxygen atoms in total. The van der Waals surface area contributed by atoms with Crippen molar-refractivity contribution in [2.45, 2.75) is 32.8 Å². The third-order valence-electron chi connectivity index (χ3n) is 5.01. The summed E-state index contributed by atoms with van der Waals surface area (Å²) < 4.78 is 1.96. The minimum atomic E-state index is -0.698. The molecular formula is C23H24N4O4. The van der Waals surface area contributed by atoms with E-state index in [0.29, 0.717) is 6.42 Å². The van der Waals surface area contributed by atoms with Gasteiger partial charge in [-0.15, -0.1) is 0 Å². The van der Waals surface area contributed by atoms with Crippen LogP contribution in [0.2, 0.25) is 0 Å². The maximum atomic E-state index is 12.0. The van der Waals surface area contributed by atoms with Gasteiger partial charge in [-0.2, -0.15) is 5.10 Å². The van der Waals surface area contributed by atoms with E-state index in [-0.39, 0.29) is 18.0 Å². The number of nitrogens with one attached hydrogen (secondary N) is 1. The summed E-state index contributed by atoms with van der Waals surface area (Å²) in [5.41, 5.74) is 6.75. The third-order valence-corrected chi connectivity index (χ3v) is 5.01. The average Bonchev–Trinajstić information content (AvgIpc) is 3.05. The molecule has 0 aliphatic heterocycles. The highest BCUT2D eigenvalue weighted by atomic mass is 16.6. The number of nitrogens with zero attached hydrogens (tertiary/aromatic N) is 3. The zero-order chi connectivity index (χ0) is 22.4. The Morgan fingerprint density at radius 1 is 1.19 bits per heavy atom. The SMILES string of the molecule is Cc1cc(/C=N\NC(=O)CC[C@@H](O)c2ccccc2)c(C)n1-c1ccc([N+](=O)[O-])cc1. The summed E-state index contributed by atoms with van der Waals surface area (Å²) in [4.78, 5) is 22.5. The van der Waals surface area contributed by atoms with Crippen molar-refractivity contribution in [2.24, 2.45) is 5.10 Å². The number of nitro groups is 1. The van der Waals surface area contributed by atoms with Crippen molar-refractivity contribution in [3.63, 3.8) is 0 Å². The van der Waals surface area contributed by atoms with Crippen LogP contribution in [0.4, 0.5) is 5.69 Å². The molecule has 0 saturated heterocycles. The van der Waals surface area contributed by atoms with Gasteiger partial charge in [-0.1, -0.05) is 30.3 Å². The van der Waals surface area contributed by atoms with Gasteiger partial charge in [0.1, 0.15) is 0 Å². The first-order chi connectivity index (χ1) is 14.9. The lowest BCUT2D eigenvalue weighted by Crippen LogP contribution is -2.18. The molecule has 0 spiro atoms. The average molecular weight is 420 g/mol. The number of hydrogen-bond donors (Lipinski definition) is 2. The second-order valence-corrected chi connectivity index (χ2v) is 7.19. The fourth-order valence-electron chi connectivity index (χ4n) is 3.38. The molecule has 1 atom stereocenters. The zero-order valence-electron chi connectivity index (χ0n) is 17.4. The maximum Gasteiger partial charge on any atom is 0.269 e. The molecule has 0 radical (unpaired) electrons. The van der Waals surface area contributed by atoms with Gasteiger partial charge in [-0.05, 0) is 44.0 Å². The number of aromatic nitrogens is 1. The van der Waals surface area contributed by atoms with Crippen molar-refractivity contribution in [3.8, 4) is 5.69 Å². The van der Waals surface area contributed by atoms with E-state index in [1.165, 1.54) is 12.1 Å². The summed E-state index contributed by atoms with van der Waals surface area (Å²) >= 11 is 0. The summed E-state index contributed by atoms with van der Waals surface area (Å²) in [5.74, 6) is -0.282. The van der Waals surface area contributed by atoms with Gasteiger partial charge in [0, 0.05) is 41.2 Å². The van der Waals surface area contributed by atoms with Gasteiger partial charge in [0.2, 0.25) is 5.91 Å². The number of nitro benzene ring substituents is 1. The van der Waals surface area contributed by atoms with E-state index in [2.05, 4.69) is 10.5 Å². The Labute approximate surface area is 180 Å². The first-order valence-electron chi connectivity index (χ1n) is 9.85. The molecule has 0 unspecified atom stereocenters. The minimum absolute atomic E-state index is 0.0353. The molecule has 3 aromatic rings. The molecule has 1 heterocycles. The van der Waals surface area contributed by atoms with Crippen LogP contribution in [0, 0.1) is 24.0 Å². The lowest BCUT2D eigenvalue weighted by atomic mass is 10.1. The van der Waals surface area contributed by atoms with E-state index >= 15 is 0 Å². The first-order valence-corrected chi connectivity index (χ1v) is 9.85. The van der Waals surface area contributed by atoms with E-state index in [1.54, 1.807) is 18.3 Å². The summed E-state index contributed by atoms with van der Waals surface area (Å²) in [5, 5.41) is 25.0. The van der Waals surface area contributed by atoms with E-state index < -0.39 is 11.0 Å². The molecule has 1 amide bonds. The Hall–Kier alpha value is -3.78. The molecule has 3 rings (SSSR count). The number of benzene rings is 2. The van der Waals surface area contributed by atoms with Crippen LogP contribution in [0.3, 0.4) is 0 Å². The summed E-state index contributed by atoms with van der Waals surface area (Å²) in [6, 6.07) is 17.4. The van der Waals surface area contributed by atoms with Crippen LogP contribution in [0.1, 0.15) is 41.5 Å². The molecular weight excluding hydrogens is 396 g/mol. The van der Waals surface area contributed by atoms with Crippen LogP contribution in [-0.4, -0.2) is 26.7 Å². The predicted molar refractivity (Wildman–Crippen MR) is 118 cm³/mol. The van der Waals surface area contributed by atoms with Crippen LogP contribution in [0.5, 0.6) is 0 Å². The van der Waals surface area contributed by atoms with E-state index in [0.717, 1.165) is 28.2 Å². The van der Waals surface area contributed by atoms with Crippen LogP contribution >= 0.6 is 0 Å². The van der Waals surface area contributed by atoms with Crippen molar-refractivity contribution < 1.29 is 14.8 Å². The number of amides is 1. The van der Waals surface area contributed by atoms with Crippen molar-refractivity contribution in [1.29, 1.82) is 0 Å². The van der Waals surface area contributed by atoms with E-state index in [9.17, 15) is 20.0 Å². The Balaban J connectivity index is 1.60. The highest BCUT2D eigenvalue weighted by Crippen LogP contribution is 2.22. The van der Waals surface area contributed by atoms with Gasteiger partial charge in [0.05, 0.1) is 17.2 Å². The zero-order valence-corrected chi connectivity index (χ0v) is 17.4. The number of carbonyl (C=O) groups excluding carboxylic acids is 1. The summed E-state index contributed by atoms with van der Waals surface area (Å²) in [6.45, 7) is 3.84. The number of aliphatic hydroxyl groups is 1. The number of hydrogen-bond acceptors (Lipinski definition) is 5. The largest absolute Gasteiger partial charge is 0.388 e. The topological polar surface area (TPSA) is 110 Å². The smallest absolute Gasteiger partial charge is 0.269 e. The highest BCUT2D eigenvalue weighted by Gasteiger charge is 2.12. The first kappa shape index (κ1) is 21.9. The number of aryl methyl sites for hydroxylation is 1. The van der Waals surface area contributed by atoms with Gasteiger partial charge >= 0.3 is 0 Å². The van der Waals surface area contributed by atoms with Crippen LogP contribution in [0.15, 0.2) is 65.8 Å². The molecule has 1 aromatic heterocycles. The number of non-ortho nitro benzene ring substituents is 1. The maximum absolute atomic E-state index is 12.0. The number of hydrazone groups is 1. The van der Waals surface area contributed by atoms with Crippen molar-refractivity contribution in [2.75, 3.05) is 0 Å². The molecule has 0 saturated carbocycles. The normalized spacial score (nSPS) is 12.1. The molecule has 31 heavy (non-hydrogen) atoms. The molecule has 0 fully saturated rings. The van der Waals surface area contributed by atoms with Gasteiger partial charge in [0.25, 0.3) is 5.69 Å². The number of rotatable bonds is 8. The van der Waals surface area contributed by atoms with Gasteiger partial charge < -0.3 is 9.67 Å². The number of aliphatic hydroxyl groups excluding tert-OH is 1.